The van der Waals surface area contributed by atoms with Crippen LogP contribution >= 0.6 is 11.3 Å². The van der Waals surface area contributed by atoms with Crippen molar-refractivity contribution >= 4 is 11.3 Å². The van der Waals surface area contributed by atoms with Gasteiger partial charge in [0.25, 0.3) is 0 Å². The molecule has 0 fully saturated rings. The summed E-state index contributed by atoms with van der Waals surface area (Å²) in [7, 11) is 2.06. The van der Waals surface area contributed by atoms with E-state index in [-0.39, 0.29) is 5.41 Å². The number of hydrogen-bond donors (Lipinski definition) is 1. The summed E-state index contributed by atoms with van der Waals surface area (Å²) in [5, 5.41) is 7.83. The van der Waals surface area contributed by atoms with E-state index < -0.39 is 0 Å². The minimum Gasteiger partial charge on any atom is -0.316 e. The fourth-order valence-corrected chi connectivity index (χ4v) is 3.08. The van der Waals surface area contributed by atoms with Crippen LogP contribution in [0.5, 0.6) is 0 Å². The average Bonchev–Trinajstić information content (AvgIpc) is 2.90. The molecular weight excluding hydrogens is 262 g/mol. The normalized spacial score (nSPS) is 13.4. The number of rotatable bonds is 5. The third-order valence-corrected chi connectivity index (χ3v) is 4.50. The van der Waals surface area contributed by atoms with Crippen molar-refractivity contribution in [3.63, 3.8) is 0 Å². The highest BCUT2D eigenvalue weighted by Gasteiger charge is 2.14. The molecule has 0 spiro atoms. The Morgan fingerprint density at radius 2 is 1.65 bits per heavy atom. The van der Waals surface area contributed by atoms with Crippen LogP contribution in [-0.2, 0) is 18.3 Å². The van der Waals surface area contributed by atoms with Crippen LogP contribution in [0.1, 0.15) is 37.5 Å². The molecule has 1 unspecified atom stereocenters. The van der Waals surface area contributed by atoms with Gasteiger partial charge in [-0.25, -0.2) is 0 Å². The molecular formula is C18H25NS. The van der Waals surface area contributed by atoms with Crippen molar-refractivity contribution in [3.05, 3.63) is 57.8 Å². The van der Waals surface area contributed by atoms with Crippen molar-refractivity contribution in [1.29, 1.82) is 0 Å². The van der Waals surface area contributed by atoms with Crippen LogP contribution in [0.2, 0.25) is 0 Å². The highest BCUT2D eigenvalue weighted by molar-refractivity contribution is 7.07. The summed E-state index contributed by atoms with van der Waals surface area (Å²) < 4.78 is 0. The van der Waals surface area contributed by atoms with E-state index in [2.05, 4.69) is 74.2 Å². The summed E-state index contributed by atoms with van der Waals surface area (Å²) in [5.41, 5.74) is 4.48. The van der Waals surface area contributed by atoms with Gasteiger partial charge in [0.2, 0.25) is 0 Å². The van der Waals surface area contributed by atoms with E-state index in [4.69, 9.17) is 0 Å². The summed E-state index contributed by atoms with van der Waals surface area (Å²) in [6, 6.07) is 11.8. The van der Waals surface area contributed by atoms with Crippen molar-refractivity contribution in [3.8, 4) is 0 Å². The Bertz CT molecular complexity index is 505. The molecule has 0 aliphatic rings. The molecule has 20 heavy (non-hydrogen) atoms. The molecule has 0 bridgehead atoms. The third kappa shape index (κ3) is 4.19. The van der Waals surface area contributed by atoms with Gasteiger partial charge in [-0.1, -0.05) is 45.0 Å². The van der Waals surface area contributed by atoms with Gasteiger partial charge < -0.3 is 5.32 Å². The van der Waals surface area contributed by atoms with E-state index in [1.807, 2.05) is 0 Å². The van der Waals surface area contributed by atoms with Crippen molar-refractivity contribution in [2.24, 2.45) is 0 Å². The molecule has 0 saturated heterocycles. The molecule has 1 N–H and O–H groups in total. The van der Waals surface area contributed by atoms with Gasteiger partial charge in [-0.3, -0.25) is 0 Å². The molecule has 2 rings (SSSR count). The van der Waals surface area contributed by atoms with Crippen molar-refractivity contribution < 1.29 is 0 Å². The monoisotopic (exact) mass is 287 g/mol. The fraction of sp³-hybridized carbons (Fsp3) is 0.444. The number of likely N-dealkylation sites (N-methyl/N-ethyl adjacent to an activating group) is 1. The first-order valence-corrected chi connectivity index (χ1v) is 8.21. The van der Waals surface area contributed by atoms with Crippen molar-refractivity contribution in [1.82, 2.24) is 5.32 Å². The Morgan fingerprint density at radius 3 is 2.15 bits per heavy atom. The molecule has 0 radical (unpaired) electrons. The van der Waals surface area contributed by atoms with Crippen LogP contribution in [-0.4, -0.2) is 13.1 Å². The molecule has 1 nitrogen and oxygen atoms in total. The first-order valence-electron chi connectivity index (χ1n) is 7.27. The topological polar surface area (TPSA) is 12.0 Å². The second-order valence-corrected chi connectivity index (χ2v) is 7.25. The molecule has 1 heterocycles. The van der Waals surface area contributed by atoms with E-state index in [1.165, 1.54) is 16.7 Å². The van der Waals surface area contributed by atoms with E-state index in [0.717, 1.165) is 12.8 Å². The minimum atomic E-state index is 0.234. The molecule has 1 aromatic carbocycles. The highest BCUT2D eigenvalue weighted by Crippen LogP contribution is 2.22. The van der Waals surface area contributed by atoms with Crippen LogP contribution < -0.4 is 5.32 Å². The zero-order valence-corrected chi connectivity index (χ0v) is 13.8. The molecule has 0 amide bonds. The first kappa shape index (κ1) is 15.3. The molecule has 1 aromatic heterocycles. The van der Waals surface area contributed by atoms with Crippen LogP contribution in [0.4, 0.5) is 0 Å². The maximum Gasteiger partial charge on any atom is 0.0145 e. The molecule has 1 atom stereocenters. The second-order valence-electron chi connectivity index (χ2n) is 6.47. The van der Waals surface area contributed by atoms with Crippen LogP contribution in [0.3, 0.4) is 0 Å². The smallest absolute Gasteiger partial charge is 0.0145 e. The summed E-state index contributed by atoms with van der Waals surface area (Å²) in [5.74, 6) is 0. The number of hydrogen-bond acceptors (Lipinski definition) is 2. The van der Waals surface area contributed by atoms with Crippen LogP contribution in [0.15, 0.2) is 41.1 Å². The molecule has 0 aliphatic carbocycles. The lowest BCUT2D eigenvalue weighted by atomic mass is 9.86. The SMILES string of the molecule is CNC(Cc1ccc(C(C)(C)C)cc1)Cc1ccsc1. The van der Waals surface area contributed by atoms with Gasteiger partial charge in [0.1, 0.15) is 0 Å². The second kappa shape index (κ2) is 6.55. The lowest BCUT2D eigenvalue weighted by Gasteiger charge is -2.20. The first-order chi connectivity index (χ1) is 9.49. The minimum absolute atomic E-state index is 0.234. The van der Waals surface area contributed by atoms with Gasteiger partial charge in [-0.15, -0.1) is 0 Å². The van der Waals surface area contributed by atoms with Crippen molar-refractivity contribution in [2.45, 2.75) is 45.1 Å². The van der Waals surface area contributed by atoms with E-state index in [9.17, 15) is 0 Å². The third-order valence-electron chi connectivity index (χ3n) is 3.77. The predicted molar refractivity (Wildman–Crippen MR) is 89.7 cm³/mol. The van der Waals surface area contributed by atoms with Gasteiger partial charge in [0.15, 0.2) is 0 Å². The lowest BCUT2D eigenvalue weighted by Crippen LogP contribution is -2.29. The Labute approximate surface area is 127 Å². The van der Waals surface area contributed by atoms with E-state index in [0.29, 0.717) is 6.04 Å². The predicted octanol–water partition coefficient (Wildman–Crippen LogP) is 4.42. The number of thiophene rings is 1. The Balaban J connectivity index is 2.01. The Hall–Kier alpha value is -1.12. The maximum atomic E-state index is 3.44. The average molecular weight is 287 g/mol. The Morgan fingerprint density at radius 1 is 1.00 bits per heavy atom. The zero-order valence-electron chi connectivity index (χ0n) is 12.9. The lowest BCUT2D eigenvalue weighted by molar-refractivity contribution is 0.556. The number of benzene rings is 1. The zero-order chi connectivity index (χ0) is 14.6. The van der Waals surface area contributed by atoms with E-state index in [1.54, 1.807) is 11.3 Å². The van der Waals surface area contributed by atoms with Gasteiger partial charge in [-0.2, -0.15) is 11.3 Å². The van der Waals surface area contributed by atoms with Crippen LogP contribution in [0, 0.1) is 0 Å². The van der Waals surface area contributed by atoms with E-state index >= 15 is 0 Å². The fourth-order valence-electron chi connectivity index (χ4n) is 2.39. The highest BCUT2D eigenvalue weighted by atomic mass is 32.1. The molecule has 0 saturated carbocycles. The number of nitrogens with one attached hydrogen (secondary N) is 1. The summed E-state index contributed by atoms with van der Waals surface area (Å²) in [6.07, 6.45) is 2.18. The molecule has 108 valence electrons. The summed E-state index contributed by atoms with van der Waals surface area (Å²) >= 11 is 1.78. The molecule has 0 aliphatic heterocycles. The Kier molecular flexibility index (Phi) is 5.00. The van der Waals surface area contributed by atoms with Crippen molar-refractivity contribution in [2.75, 3.05) is 7.05 Å². The van der Waals surface area contributed by atoms with Gasteiger partial charge in [0, 0.05) is 6.04 Å². The molecule has 2 aromatic rings. The molecule has 2 heteroatoms. The van der Waals surface area contributed by atoms with Gasteiger partial charge >= 0.3 is 0 Å². The summed E-state index contributed by atoms with van der Waals surface area (Å²) in [6.45, 7) is 6.78. The van der Waals surface area contributed by atoms with Gasteiger partial charge in [-0.05, 0) is 58.8 Å². The standard InChI is InChI=1S/C18H25NS/c1-18(2,3)16-7-5-14(6-8-16)11-17(19-4)12-15-9-10-20-13-15/h5-10,13,17,19H,11-12H2,1-4H3. The largest absolute Gasteiger partial charge is 0.316 e. The van der Waals surface area contributed by atoms with Gasteiger partial charge in [0.05, 0.1) is 0 Å². The maximum absolute atomic E-state index is 3.44. The quantitative estimate of drug-likeness (QED) is 0.858. The van der Waals surface area contributed by atoms with Crippen LogP contribution in [0.25, 0.3) is 0 Å². The summed E-state index contributed by atoms with van der Waals surface area (Å²) in [4.78, 5) is 0.